The summed E-state index contributed by atoms with van der Waals surface area (Å²) in [5.41, 5.74) is 0.990. The van der Waals surface area contributed by atoms with Gasteiger partial charge in [-0.15, -0.1) is 0 Å². The van der Waals surface area contributed by atoms with Crippen molar-refractivity contribution in [3.8, 4) is 0 Å². The number of carbonyl (C=O) groups is 1. The highest BCUT2D eigenvalue weighted by Gasteiger charge is 2.18. The maximum Gasteiger partial charge on any atom is 0.355 e. The molecule has 0 atom stereocenters. The number of fused-ring (bicyclic) bond motifs is 1. The Hall–Kier alpha value is -2.41. The van der Waals surface area contributed by atoms with Crippen molar-refractivity contribution in [2.45, 2.75) is 20.6 Å². The van der Waals surface area contributed by atoms with Gasteiger partial charge in [-0.2, -0.15) is 0 Å². The number of benzene rings is 1. The van der Waals surface area contributed by atoms with Crippen LogP contribution in [0.4, 0.5) is 5.69 Å². The van der Waals surface area contributed by atoms with Gasteiger partial charge < -0.3 is 14.0 Å². The number of carbonyl (C=O) groups excluding carboxylic acids is 1. The molecular formula is C14H16N2O5. The monoisotopic (exact) mass is 292 g/mol. The molecule has 0 spiro atoms. The Labute approximate surface area is 121 Å². The number of aromatic nitrogens is 1. The van der Waals surface area contributed by atoms with E-state index in [2.05, 4.69) is 0 Å². The summed E-state index contributed by atoms with van der Waals surface area (Å²) < 4.78 is 12.0. The summed E-state index contributed by atoms with van der Waals surface area (Å²) in [6.45, 7) is 4.51. The second-order valence-corrected chi connectivity index (χ2v) is 4.30. The highest BCUT2D eigenvalue weighted by Crippen LogP contribution is 2.25. The smallest absolute Gasteiger partial charge is 0.355 e. The zero-order valence-corrected chi connectivity index (χ0v) is 11.9. The van der Waals surface area contributed by atoms with E-state index in [-0.39, 0.29) is 19.0 Å². The van der Waals surface area contributed by atoms with E-state index >= 15 is 0 Å². The largest absolute Gasteiger partial charge is 0.461 e. The van der Waals surface area contributed by atoms with E-state index in [1.165, 1.54) is 12.1 Å². The predicted molar refractivity (Wildman–Crippen MR) is 76.2 cm³/mol. The molecule has 2 aromatic rings. The lowest BCUT2D eigenvalue weighted by Gasteiger charge is -2.09. The van der Waals surface area contributed by atoms with E-state index in [1.54, 1.807) is 23.6 Å². The molecule has 0 radical (unpaired) electrons. The second kappa shape index (κ2) is 6.36. The van der Waals surface area contributed by atoms with Crippen molar-refractivity contribution in [2.75, 3.05) is 13.2 Å². The number of hydrogen-bond donors (Lipinski definition) is 0. The first-order chi connectivity index (χ1) is 10.1. The third-order valence-corrected chi connectivity index (χ3v) is 3.00. The standard InChI is InChI=1S/C14H16N2O5/c1-3-20-9-15-12-6-5-11(16(18)19)7-10(12)8-13(15)14(17)21-4-2/h5-8H,3-4,9H2,1-2H3. The van der Waals surface area contributed by atoms with Gasteiger partial charge in [0, 0.05) is 24.1 Å². The first-order valence-corrected chi connectivity index (χ1v) is 6.61. The molecule has 0 saturated heterocycles. The Morgan fingerprint density at radius 2 is 2.05 bits per heavy atom. The van der Waals surface area contributed by atoms with Crippen LogP contribution in [0, 0.1) is 10.1 Å². The fourth-order valence-electron chi connectivity index (χ4n) is 2.07. The first kappa shape index (κ1) is 15.0. The van der Waals surface area contributed by atoms with Gasteiger partial charge in [0.05, 0.1) is 17.0 Å². The molecule has 1 aromatic carbocycles. The van der Waals surface area contributed by atoms with Crippen LogP contribution in [-0.2, 0) is 16.2 Å². The number of hydrogen-bond acceptors (Lipinski definition) is 5. The fraction of sp³-hybridized carbons (Fsp3) is 0.357. The summed E-state index contributed by atoms with van der Waals surface area (Å²) in [6.07, 6.45) is 0. The van der Waals surface area contributed by atoms with Crippen LogP contribution < -0.4 is 0 Å². The van der Waals surface area contributed by atoms with Crippen LogP contribution in [0.1, 0.15) is 24.3 Å². The van der Waals surface area contributed by atoms with Crippen molar-refractivity contribution < 1.29 is 19.2 Å². The van der Waals surface area contributed by atoms with E-state index < -0.39 is 10.9 Å². The highest BCUT2D eigenvalue weighted by atomic mass is 16.6. The van der Waals surface area contributed by atoms with Crippen molar-refractivity contribution in [1.82, 2.24) is 4.57 Å². The second-order valence-electron chi connectivity index (χ2n) is 4.30. The quantitative estimate of drug-likeness (QED) is 0.464. The number of ether oxygens (including phenoxy) is 2. The molecule has 7 heteroatoms. The van der Waals surface area contributed by atoms with E-state index in [4.69, 9.17) is 9.47 Å². The van der Waals surface area contributed by atoms with Crippen molar-refractivity contribution in [2.24, 2.45) is 0 Å². The maximum atomic E-state index is 12.0. The average molecular weight is 292 g/mol. The molecule has 0 aliphatic rings. The number of rotatable bonds is 6. The predicted octanol–water partition coefficient (Wildman–Crippen LogP) is 2.72. The minimum Gasteiger partial charge on any atom is -0.461 e. The number of nitro groups is 1. The fourth-order valence-corrected chi connectivity index (χ4v) is 2.07. The zero-order valence-electron chi connectivity index (χ0n) is 11.9. The van der Waals surface area contributed by atoms with E-state index in [1.807, 2.05) is 6.92 Å². The van der Waals surface area contributed by atoms with Gasteiger partial charge in [0.25, 0.3) is 5.69 Å². The Bertz CT molecular complexity index is 677. The molecule has 0 aliphatic carbocycles. The molecule has 0 aliphatic heterocycles. The van der Waals surface area contributed by atoms with Crippen LogP contribution in [-0.4, -0.2) is 28.7 Å². The van der Waals surface area contributed by atoms with E-state index in [9.17, 15) is 14.9 Å². The van der Waals surface area contributed by atoms with Gasteiger partial charge in [0.15, 0.2) is 0 Å². The third-order valence-electron chi connectivity index (χ3n) is 3.00. The molecular weight excluding hydrogens is 276 g/mol. The SMILES string of the molecule is CCOCn1c(C(=O)OCC)cc2cc([N+](=O)[O-])ccc21. The van der Waals surface area contributed by atoms with Crippen LogP contribution in [0.15, 0.2) is 24.3 Å². The first-order valence-electron chi connectivity index (χ1n) is 6.61. The topological polar surface area (TPSA) is 83.6 Å². The van der Waals surface area contributed by atoms with Crippen LogP contribution >= 0.6 is 0 Å². The van der Waals surface area contributed by atoms with Crippen LogP contribution in [0.25, 0.3) is 10.9 Å². The van der Waals surface area contributed by atoms with Crippen LogP contribution in [0.5, 0.6) is 0 Å². The molecule has 0 saturated carbocycles. The molecule has 0 bridgehead atoms. The molecule has 112 valence electrons. The van der Waals surface area contributed by atoms with Gasteiger partial charge in [-0.3, -0.25) is 10.1 Å². The van der Waals surface area contributed by atoms with Crippen LogP contribution in [0.3, 0.4) is 0 Å². The average Bonchev–Trinajstić information content (AvgIpc) is 2.83. The lowest BCUT2D eigenvalue weighted by atomic mass is 10.2. The zero-order chi connectivity index (χ0) is 15.4. The molecule has 2 rings (SSSR count). The molecule has 0 unspecified atom stereocenters. The third kappa shape index (κ3) is 3.03. The highest BCUT2D eigenvalue weighted by molar-refractivity contribution is 5.96. The Balaban J connectivity index is 2.54. The van der Waals surface area contributed by atoms with Gasteiger partial charge in [0.1, 0.15) is 12.4 Å². The Morgan fingerprint density at radius 1 is 1.29 bits per heavy atom. The van der Waals surface area contributed by atoms with Crippen molar-refractivity contribution in [1.29, 1.82) is 0 Å². The summed E-state index contributed by atoms with van der Waals surface area (Å²) in [7, 11) is 0. The van der Waals surface area contributed by atoms with Gasteiger partial charge in [0.2, 0.25) is 0 Å². The van der Waals surface area contributed by atoms with Gasteiger partial charge >= 0.3 is 5.97 Å². The number of esters is 1. The van der Waals surface area contributed by atoms with Crippen molar-refractivity contribution in [3.63, 3.8) is 0 Å². The minimum atomic E-state index is -0.476. The molecule has 0 amide bonds. The molecule has 1 heterocycles. The summed E-state index contributed by atoms with van der Waals surface area (Å²) in [5.74, 6) is -0.476. The minimum absolute atomic E-state index is 0.0218. The van der Waals surface area contributed by atoms with Gasteiger partial charge in [-0.05, 0) is 26.0 Å². The normalized spacial score (nSPS) is 10.8. The molecule has 1 aromatic heterocycles. The molecule has 7 nitrogen and oxygen atoms in total. The summed E-state index contributed by atoms with van der Waals surface area (Å²) in [4.78, 5) is 22.3. The summed E-state index contributed by atoms with van der Waals surface area (Å²) >= 11 is 0. The maximum absolute atomic E-state index is 12.0. The van der Waals surface area contributed by atoms with Crippen molar-refractivity contribution in [3.05, 3.63) is 40.1 Å². The number of nitro benzene ring substituents is 1. The number of nitrogens with zero attached hydrogens (tertiary/aromatic N) is 2. The van der Waals surface area contributed by atoms with E-state index in [0.717, 1.165) is 0 Å². The molecule has 0 N–H and O–H groups in total. The molecule has 21 heavy (non-hydrogen) atoms. The van der Waals surface area contributed by atoms with Crippen LogP contribution in [0.2, 0.25) is 0 Å². The summed E-state index contributed by atoms with van der Waals surface area (Å²) in [5, 5.41) is 11.4. The number of non-ortho nitro benzene ring substituents is 1. The lowest BCUT2D eigenvalue weighted by Crippen LogP contribution is -2.13. The van der Waals surface area contributed by atoms with Crippen molar-refractivity contribution >= 4 is 22.6 Å². The van der Waals surface area contributed by atoms with Gasteiger partial charge in [-0.1, -0.05) is 0 Å². The summed E-state index contributed by atoms with van der Waals surface area (Å²) in [6, 6.07) is 6.02. The van der Waals surface area contributed by atoms with Gasteiger partial charge in [-0.25, -0.2) is 4.79 Å². The lowest BCUT2D eigenvalue weighted by molar-refractivity contribution is -0.384. The molecule has 0 fully saturated rings. The Kier molecular flexibility index (Phi) is 4.54. The van der Waals surface area contributed by atoms with E-state index in [0.29, 0.717) is 23.2 Å². The Morgan fingerprint density at radius 3 is 2.67 bits per heavy atom.